The maximum Gasteiger partial charge on any atom is 0.310 e. The van der Waals surface area contributed by atoms with Gasteiger partial charge in [0, 0.05) is 11.1 Å². The van der Waals surface area contributed by atoms with Crippen LogP contribution in [0.1, 0.15) is 21.5 Å². The number of carbonyl (C=O) groups is 2. The van der Waals surface area contributed by atoms with Crippen LogP contribution in [0.4, 0.5) is 4.39 Å². The van der Waals surface area contributed by atoms with Gasteiger partial charge < -0.3 is 4.74 Å². The van der Waals surface area contributed by atoms with Crippen LogP contribution in [0, 0.1) is 5.82 Å². The molecule has 0 saturated heterocycles. The lowest BCUT2D eigenvalue weighted by Gasteiger charge is -2.07. The largest absolute Gasteiger partial charge is 0.469 e. The first-order valence-electron chi connectivity index (χ1n) is 6.07. The number of ether oxygens (including phenoxy) is 1. The SMILES string of the molecule is COC(=O)Cc1ccccc1C(=O)c1ccc(F)cc1. The Labute approximate surface area is 116 Å². The van der Waals surface area contributed by atoms with Crippen molar-refractivity contribution >= 4 is 11.8 Å². The van der Waals surface area contributed by atoms with Crippen LogP contribution in [0.15, 0.2) is 48.5 Å². The zero-order valence-corrected chi connectivity index (χ0v) is 10.9. The van der Waals surface area contributed by atoms with Gasteiger partial charge in [0.2, 0.25) is 0 Å². The van der Waals surface area contributed by atoms with Crippen LogP contribution in [0.25, 0.3) is 0 Å². The van der Waals surface area contributed by atoms with E-state index in [4.69, 9.17) is 0 Å². The van der Waals surface area contributed by atoms with E-state index in [0.717, 1.165) is 0 Å². The first kappa shape index (κ1) is 13.9. The molecule has 0 spiro atoms. The van der Waals surface area contributed by atoms with Gasteiger partial charge in [-0.3, -0.25) is 9.59 Å². The van der Waals surface area contributed by atoms with Crippen LogP contribution in [0.2, 0.25) is 0 Å². The van der Waals surface area contributed by atoms with Gasteiger partial charge in [0.05, 0.1) is 13.5 Å². The summed E-state index contributed by atoms with van der Waals surface area (Å²) < 4.78 is 17.5. The molecule has 0 amide bonds. The van der Waals surface area contributed by atoms with E-state index in [-0.39, 0.29) is 12.2 Å². The third-order valence-corrected chi connectivity index (χ3v) is 2.93. The summed E-state index contributed by atoms with van der Waals surface area (Å²) in [6, 6.07) is 12.1. The minimum atomic E-state index is -0.413. The van der Waals surface area contributed by atoms with Crippen LogP contribution in [0.5, 0.6) is 0 Å². The fourth-order valence-electron chi connectivity index (χ4n) is 1.88. The van der Waals surface area contributed by atoms with Crippen molar-refractivity contribution in [1.29, 1.82) is 0 Å². The minimum Gasteiger partial charge on any atom is -0.469 e. The number of methoxy groups -OCH3 is 1. The highest BCUT2D eigenvalue weighted by Gasteiger charge is 2.15. The molecule has 0 aromatic heterocycles. The zero-order chi connectivity index (χ0) is 14.5. The Morgan fingerprint density at radius 3 is 2.35 bits per heavy atom. The molecule has 0 bridgehead atoms. The normalized spacial score (nSPS) is 10.1. The Bertz CT molecular complexity index is 632. The third kappa shape index (κ3) is 3.09. The van der Waals surface area contributed by atoms with E-state index in [1.807, 2.05) is 0 Å². The first-order valence-corrected chi connectivity index (χ1v) is 6.07. The van der Waals surface area contributed by atoms with E-state index in [0.29, 0.717) is 16.7 Å². The molecule has 0 unspecified atom stereocenters. The number of rotatable bonds is 4. The fraction of sp³-hybridized carbons (Fsp3) is 0.125. The maximum atomic E-state index is 12.9. The van der Waals surface area contributed by atoms with Crippen molar-refractivity contribution < 1.29 is 18.7 Å². The molecule has 0 N–H and O–H groups in total. The smallest absolute Gasteiger partial charge is 0.310 e. The van der Waals surface area contributed by atoms with E-state index < -0.39 is 11.8 Å². The van der Waals surface area contributed by atoms with Gasteiger partial charge in [-0.05, 0) is 29.8 Å². The minimum absolute atomic E-state index is 0.0274. The Morgan fingerprint density at radius 2 is 1.70 bits per heavy atom. The molecule has 0 aliphatic rings. The lowest BCUT2D eigenvalue weighted by atomic mass is 9.97. The van der Waals surface area contributed by atoms with Crippen molar-refractivity contribution in [2.75, 3.05) is 7.11 Å². The summed E-state index contributed by atoms with van der Waals surface area (Å²) in [6.45, 7) is 0. The van der Waals surface area contributed by atoms with Crippen LogP contribution < -0.4 is 0 Å². The number of ketones is 1. The Balaban J connectivity index is 2.34. The van der Waals surface area contributed by atoms with Gasteiger partial charge in [-0.1, -0.05) is 24.3 Å². The van der Waals surface area contributed by atoms with E-state index in [2.05, 4.69) is 4.74 Å². The van der Waals surface area contributed by atoms with Gasteiger partial charge in [-0.2, -0.15) is 0 Å². The number of esters is 1. The summed E-state index contributed by atoms with van der Waals surface area (Å²) in [5.74, 6) is -1.06. The standard InChI is InChI=1S/C16H13FO3/c1-20-15(18)10-12-4-2-3-5-14(12)16(19)11-6-8-13(17)9-7-11/h2-9H,10H2,1H3. The lowest BCUT2D eigenvalue weighted by molar-refractivity contribution is -0.139. The van der Waals surface area contributed by atoms with Crippen molar-refractivity contribution in [2.45, 2.75) is 6.42 Å². The number of carbonyl (C=O) groups excluding carboxylic acids is 2. The monoisotopic (exact) mass is 272 g/mol. The van der Waals surface area contributed by atoms with Crippen LogP contribution in [-0.2, 0) is 16.0 Å². The van der Waals surface area contributed by atoms with Gasteiger partial charge in [-0.15, -0.1) is 0 Å². The summed E-state index contributed by atoms with van der Waals surface area (Å²) in [4.78, 5) is 23.7. The molecule has 0 aliphatic carbocycles. The average molecular weight is 272 g/mol. The van der Waals surface area contributed by atoms with Crippen LogP contribution >= 0.6 is 0 Å². The predicted octanol–water partition coefficient (Wildman–Crippen LogP) is 2.77. The molecule has 0 atom stereocenters. The van der Waals surface area contributed by atoms with E-state index in [1.165, 1.54) is 31.4 Å². The Morgan fingerprint density at radius 1 is 1.05 bits per heavy atom. The number of hydrogen-bond acceptors (Lipinski definition) is 3. The second-order valence-electron chi connectivity index (χ2n) is 4.25. The number of halogens is 1. The van der Waals surface area contributed by atoms with Crippen molar-refractivity contribution in [3.8, 4) is 0 Å². The summed E-state index contributed by atoms with van der Waals surface area (Å²) in [5, 5.41) is 0. The van der Waals surface area contributed by atoms with Gasteiger partial charge in [0.1, 0.15) is 5.82 Å². The zero-order valence-electron chi connectivity index (χ0n) is 10.9. The maximum absolute atomic E-state index is 12.9. The van der Waals surface area contributed by atoms with Crippen molar-refractivity contribution in [1.82, 2.24) is 0 Å². The molecule has 2 aromatic carbocycles. The summed E-state index contributed by atoms with van der Waals surface area (Å²) in [5.41, 5.74) is 1.39. The molecule has 3 nitrogen and oxygen atoms in total. The molecular weight excluding hydrogens is 259 g/mol. The molecule has 0 heterocycles. The summed E-state index contributed by atoms with van der Waals surface area (Å²) in [6.07, 6.45) is 0.0274. The molecule has 0 fully saturated rings. The predicted molar refractivity (Wildman–Crippen MR) is 72.0 cm³/mol. The quantitative estimate of drug-likeness (QED) is 0.635. The molecule has 102 valence electrons. The number of benzene rings is 2. The molecule has 20 heavy (non-hydrogen) atoms. The third-order valence-electron chi connectivity index (χ3n) is 2.93. The van der Waals surface area contributed by atoms with Gasteiger partial charge in [0.25, 0.3) is 0 Å². The van der Waals surface area contributed by atoms with Gasteiger partial charge >= 0.3 is 5.97 Å². The highest BCUT2D eigenvalue weighted by Crippen LogP contribution is 2.16. The molecule has 0 saturated carbocycles. The van der Waals surface area contributed by atoms with Crippen molar-refractivity contribution in [2.24, 2.45) is 0 Å². The molecule has 0 aliphatic heterocycles. The second kappa shape index (κ2) is 6.10. The van der Waals surface area contributed by atoms with Crippen LogP contribution in [0.3, 0.4) is 0 Å². The van der Waals surface area contributed by atoms with E-state index in [1.54, 1.807) is 24.3 Å². The summed E-state index contributed by atoms with van der Waals surface area (Å²) in [7, 11) is 1.30. The second-order valence-corrected chi connectivity index (χ2v) is 4.25. The number of hydrogen-bond donors (Lipinski definition) is 0. The topological polar surface area (TPSA) is 43.4 Å². The Kier molecular flexibility index (Phi) is 4.25. The average Bonchev–Trinajstić information content (AvgIpc) is 2.48. The van der Waals surface area contributed by atoms with Crippen LogP contribution in [-0.4, -0.2) is 18.9 Å². The molecule has 2 aromatic rings. The highest BCUT2D eigenvalue weighted by molar-refractivity contribution is 6.10. The highest BCUT2D eigenvalue weighted by atomic mass is 19.1. The molecule has 4 heteroatoms. The molecule has 0 radical (unpaired) electrons. The van der Waals surface area contributed by atoms with E-state index in [9.17, 15) is 14.0 Å². The lowest BCUT2D eigenvalue weighted by Crippen LogP contribution is -2.10. The van der Waals surface area contributed by atoms with Gasteiger partial charge in [-0.25, -0.2) is 4.39 Å². The molecule has 2 rings (SSSR count). The van der Waals surface area contributed by atoms with Crippen molar-refractivity contribution in [3.05, 3.63) is 71.0 Å². The summed E-state index contributed by atoms with van der Waals surface area (Å²) >= 11 is 0. The Hall–Kier alpha value is -2.49. The molecular formula is C16H13FO3. The first-order chi connectivity index (χ1) is 9.61. The van der Waals surface area contributed by atoms with Gasteiger partial charge in [0.15, 0.2) is 5.78 Å². The fourth-order valence-corrected chi connectivity index (χ4v) is 1.88. The van der Waals surface area contributed by atoms with E-state index >= 15 is 0 Å². The van der Waals surface area contributed by atoms with Crippen molar-refractivity contribution in [3.63, 3.8) is 0 Å².